The van der Waals surface area contributed by atoms with Gasteiger partial charge < -0.3 is 5.21 Å². The predicted molar refractivity (Wildman–Crippen MR) is 46.1 cm³/mol. The van der Waals surface area contributed by atoms with Gasteiger partial charge in [-0.1, -0.05) is 5.16 Å². The number of aromatic nitrogens is 1. The van der Waals surface area contributed by atoms with Crippen molar-refractivity contribution in [2.24, 2.45) is 5.16 Å². The van der Waals surface area contributed by atoms with Crippen molar-refractivity contribution in [3.8, 4) is 0 Å². The largest absolute Gasteiger partial charge is 0.411 e. The van der Waals surface area contributed by atoms with Gasteiger partial charge >= 0.3 is 0 Å². The second-order valence-electron chi connectivity index (χ2n) is 2.14. The lowest BCUT2D eigenvalue weighted by molar-refractivity contribution is 0.321. The van der Waals surface area contributed by atoms with Crippen LogP contribution < -0.4 is 0 Å². The summed E-state index contributed by atoms with van der Waals surface area (Å²) in [4.78, 5) is 4.03. The first kappa shape index (κ1) is 8.20. The molecule has 58 valence electrons. The van der Waals surface area contributed by atoms with E-state index in [9.17, 15) is 0 Å². The zero-order valence-corrected chi connectivity index (χ0v) is 7.54. The van der Waals surface area contributed by atoms with Crippen molar-refractivity contribution in [3.63, 3.8) is 0 Å². The predicted octanol–water partition coefficient (Wildman–Crippen LogP) is 1.96. The van der Waals surface area contributed by atoms with Crippen LogP contribution in [0.2, 0.25) is 0 Å². The van der Waals surface area contributed by atoms with E-state index >= 15 is 0 Å². The van der Waals surface area contributed by atoms with Crippen molar-refractivity contribution in [2.45, 2.75) is 6.92 Å². The third-order valence-corrected chi connectivity index (χ3v) is 1.55. The maximum Gasteiger partial charge on any atom is 0.107 e. The van der Waals surface area contributed by atoms with Crippen LogP contribution in [0.1, 0.15) is 11.3 Å². The Labute approximate surface area is 72.9 Å². The molecule has 0 saturated heterocycles. The number of rotatable bonds is 1. The van der Waals surface area contributed by atoms with E-state index in [1.165, 1.54) is 6.21 Å². The van der Waals surface area contributed by atoms with E-state index in [4.69, 9.17) is 5.21 Å². The number of nitrogens with zero attached hydrogens (tertiary/aromatic N) is 2. The molecule has 0 bridgehead atoms. The monoisotopic (exact) mass is 214 g/mol. The molecule has 4 heteroatoms. The molecular formula is C7H7BrN2O. The molecule has 0 unspecified atom stereocenters. The maximum absolute atomic E-state index is 8.22. The Morgan fingerprint density at radius 3 is 2.91 bits per heavy atom. The Hall–Kier alpha value is -0.900. The van der Waals surface area contributed by atoms with Crippen LogP contribution in [-0.4, -0.2) is 16.4 Å². The Balaban J connectivity index is 3.08. The number of aryl methyl sites for hydroxylation is 1. The average Bonchev–Trinajstić information content (AvgIpc) is 1.85. The summed E-state index contributed by atoms with van der Waals surface area (Å²) in [6.07, 6.45) is 1.29. The molecule has 0 aliphatic rings. The third-order valence-electron chi connectivity index (χ3n) is 1.15. The van der Waals surface area contributed by atoms with Crippen molar-refractivity contribution in [2.75, 3.05) is 0 Å². The molecule has 1 aromatic heterocycles. The van der Waals surface area contributed by atoms with Crippen molar-refractivity contribution in [1.29, 1.82) is 0 Å². The van der Waals surface area contributed by atoms with Crippen LogP contribution in [0.3, 0.4) is 0 Å². The van der Waals surface area contributed by atoms with E-state index in [1.54, 1.807) is 0 Å². The summed E-state index contributed by atoms with van der Waals surface area (Å²) in [5.41, 5.74) is 1.71. The number of hydrogen-bond donors (Lipinski definition) is 1. The van der Waals surface area contributed by atoms with Gasteiger partial charge in [0.25, 0.3) is 0 Å². The lowest BCUT2D eigenvalue weighted by Gasteiger charge is -1.95. The maximum atomic E-state index is 8.22. The van der Waals surface area contributed by atoms with Crippen molar-refractivity contribution in [3.05, 3.63) is 28.0 Å². The quantitative estimate of drug-likeness (QED) is 0.337. The Bertz CT molecular complexity index is 266. The van der Waals surface area contributed by atoms with Crippen molar-refractivity contribution < 1.29 is 5.21 Å². The van der Waals surface area contributed by atoms with Gasteiger partial charge in [-0.05, 0) is 40.5 Å². The molecule has 0 radical (unpaired) electrons. The second-order valence-corrected chi connectivity index (χ2v) is 2.95. The number of halogens is 1. The minimum atomic E-state index is 0.638. The highest BCUT2D eigenvalue weighted by Gasteiger charge is 1.94. The molecule has 0 amide bonds. The molecule has 0 aliphatic carbocycles. The summed E-state index contributed by atoms with van der Waals surface area (Å²) in [7, 11) is 0. The molecule has 0 aromatic carbocycles. The van der Waals surface area contributed by atoms with E-state index in [2.05, 4.69) is 26.1 Å². The highest BCUT2D eigenvalue weighted by atomic mass is 79.9. The Morgan fingerprint density at radius 1 is 1.64 bits per heavy atom. The van der Waals surface area contributed by atoms with Gasteiger partial charge in [0.1, 0.15) is 4.60 Å². The van der Waals surface area contributed by atoms with Crippen LogP contribution in [0.15, 0.2) is 21.9 Å². The van der Waals surface area contributed by atoms with Gasteiger partial charge in [0.15, 0.2) is 0 Å². The zero-order valence-electron chi connectivity index (χ0n) is 5.95. The van der Waals surface area contributed by atoms with E-state index in [1.807, 2.05) is 19.1 Å². The van der Waals surface area contributed by atoms with E-state index in [-0.39, 0.29) is 0 Å². The summed E-state index contributed by atoms with van der Waals surface area (Å²) in [5.74, 6) is 0. The molecule has 0 aliphatic heterocycles. The van der Waals surface area contributed by atoms with Crippen LogP contribution >= 0.6 is 15.9 Å². The van der Waals surface area contributed by atoms with E-state index in [0.29, 0.717) is 5.69 Å². The van der Waals surface area contributed by atoms with Gasteiger partial charge in [0.05, 0.1) is 11.9 Å². The number of pyridine rings is 1. The van der Waals surface area contributed by atoms with Gasteiger partial charge in [-0.2, -0.15) is 0 Å². The fourth-order valence-corrected chi connectivity index (χ4v) is 1.34. The van der Waals surface area contributed by atoms with Gasteiger partial charge in [-0.25, -0.2) is 4.98 Å². The molecule has 1 aromatic rings. The molecule has 0 atom stereocenters. The minimum absolute atomic E-state index is 0.638. The minimum Gasteiger partial charge on any atom is -0.411 e. The number of hydrogen-bond acceptors (Lipinski definition) is 3. The van der Waals surface area contributed by atoms with Crippen LogP contribution in [-0.2, 0) is 0 Å². The van der Waals surface area contributed by atoms with Gasteiger partial charge in [-0.3, -0.25) is 0 Å². The van der Waals surface area contributed by atoms with E-state index < -0.39 is 0 Å². The normalized spacial score (nSPS) is 10.7. The molecule has 0 spiro atoms. The fraction of sp³-hybridized carbons (Fsp3) is 0.143. The molecule has 11 heavy (non-hydrogen) atoms. The summed E-state index contributed by atoms with van der Waals surface area (Å²) < 4.78 is 0.743. The standard InChI is InChI=1S/C7H7BrN2O/c1-5-2-6(4-9-11)10-7(8)3-5/h2-4,11H,1H3/b9-4+. The first-order chi connectivity index (χ1) is 5.22. The average molecular weight is 215 g/mol. The summed E-state index contributed by atoms with van der Waals surface area (Å²) in [6.45, 7) is 1.95. The number of oxime groups is 1. The van der Waals surface area contributed by atoms with Gasteiger partial charge in [-0.15, -0.1) is 0 Å². The second kappa shape index (κ2) is 3.48. The van der Waals surface area contributed by atoms with Crippen LogP contribution in [0.4, 0.5) is 0 Å². The SMILES string of the molecule is Cc1cc(Br)nc(/C=N/O)c1. The van der Waals surface area contributed by atoms with Crippen molar-refractivity contribution >= 4 is 22.1 Å². The first-order valence-electron chi connectivity index (χ1n) is 3.04. The molecular weight excluding hydrogens is 208 g/mol. The molecule has 1 heterocycles. The fourth-order valence-electron chi connectivity index (χ4n) is 0.776. The Morgan fingerprint density at radius 2 is 2.36 bits per heavy atom. The molecule has 0 fully saturated rings. The third kappa shape index (κ3) is 2.31. The van der Waals surface area contributed by atoms with Crippen LogP contribution in [0, 0.1) is 6.92 Å². The lowest BCUT2D eigenvalue weighted by Crippen LogP contribution is -1.89. The first-order valence-corrected chi connectivity index (χ1v) is 3.83. The molecule has 0 saturated carbocycles. The van der Waals surface area contributed by atoms with Crippen molar-refractivity contribution in [1.82, 2.24) is 4.98 Å². The smallest absolute Gasteiger partial charge is 0.107 e. The Kier molecular flexibility index (Phi) is 2.59. The molecule has 3 nitrogen and oxygen atoms in total. The molecule has 1 rings (SSSR count). The van der Waals surface area contributed by atoms with Gasteiger partial charge in [0, 0.05) is 0 Å². The summed E-state index contributed by atoms with van der Waals surface area (Å²) in [6, 6.07) is 3.71. The van der Waals surface area contributed by atoms with E-state index in [0.717, 1.165) is 10.2 Å². The summed E-state index contributed by atoms with van der Waals surface area (Å²) in [5, 5.41) is 11.1. The van der Waals surface area contributed by atoms with Crippen LogP contribution in [0.25, 0.3) is 0 Å². The zero-order chi connectivity index (χ0) is 8.27. The topological polar surface area (TPSA) is 45.5 Å². The van der Waals surface area contributed by atoms with Crippen LogP contribution in [0.5, 0.6) is 0 Å². The van der Waals surface area contributed by atoms with Gasteiger partial charge in [0.2, 0.25) is 0 Å². The molecule has 1 N–H and O–H groups in total. The summed E-state index contributed by atoms with van der Waals surface area (Å²) >= 11 is 3.23. The lowest BCUT2D eigenvalue weighted by atomic mass is 10.2. The highest BCUT2D eigenvalue weighted by Crippen LogP contribution is 2.09. The highest BCUT2D eigenvalue weighted by molar-refractivity contribution is 9.10.